The van der Waals surface area contributed by atoms with Gasteiger partial charge in [0.15, 0.2) is 6.61 Å². The van der Waals surface area contributed by atoms with E-state index < -0.39 is 5.97 Å². The smallest absolute Gasteiger partial charge is 0.341 e. The molecule has 1 aromatic rings. The van der Waals surface area contributed by atoms with Gasteiger partial charge in [-0.05, 0) is 30.5 Å². The number of rotatable bonds is 10. The van der Waals surface area contributed by atoms with Crippen molar-refractivity contribution >= 4 is 11.9 Å². The highest BCUT2D eigenvalue weighted by Gasteiger charge is 2.02. The van der Waals surface area contributed by atoms with Gasteiger partial charge in [-0.15, -0.1) is 0 Å². The van der Waals surface area contributed by atoms with Crippen molar-refractivity contribution in [3.05, 3.63) is 29.8 Å². The zero-order chi connectivity index (χ0) is 15.5. The third-order valence-electron chi connectivity index (χ3n) is 2.60. The van der Waals surface area contributed by atoms with Gasteiger partial charge in [-0.25, -0.2) is 4.79 Å². The second-order valence-corrected chi connectivity index (χ2v) is 4.48. The van der Waals surface area contributed by atoms with Crippen LogP contribution in [0.4, 0.5) is 0 Å². The number of carbonyl (C=O) groups excluding carboxylic acids is 1. The highest BCUT2D eigenvalue weighted by molar-refractivity contribution is 5.77. The van der Waals surface area contributed by atoms with Gasteiger partial charge in [-0.3, -0.25) is 4.79 Å². The molecule has 6 heteroatoms. The van der Waals surface area contributed by atoms with Crippen LogP contribution in [0.25, 0.3) is 0 Å². The van der Waals surface area contributed by atoms with Crippen molar-refractivity contribution in [3.8, 4) is 5.75 Å². The molecule has 0 unspecified atom stereocenters. The van der Waals surface area contributed by atoms with Gasteiger partial charge in [0.1, 0.15) is 12.4 Å². The van der Waals surface area contributed by atoms with Gasteiger partial charge in [0.2, 0.25) is 5.91 Å². The van der Waals surface area contributed by atoms with Crippen LogP contribution in [-0.2, 0) is 20.7 Å². The number of carbonyl (C=O) groups is 2. The maximum Gasteiger partial charge on any atom is 0.341 e. The van der Waals surface area contributed by atoms with E-state index in [1.165, 1.54) is 0 Å². The summed E-state index contributed by atoms with van der Waals surface area (Å²) in [5, 5.41) is 11.3. The van der Waals surface area contributed by atoms with Crippen molar-refractivity contribution in [1.29, 1.82) is 0 Å². The van der Waals surface area contributed by atoms with Crippen molar-refractivity contribution in [3.63, 3.8) is 0 Å². The average molecular weight is 295 g/mol. The van der Waals surface area contributed by atoms with E-state index in [0.717, 1.165) is 12.0 Å². The van der Waals surface area contributed by atoms with Crippen LogP contribution in [0.15, 0.2) is 24.3 Å². The van der Waals surface area contributed by atoms with Gasteiger partial charge < -0.3 is 19.9 Å². The summed E-state index contributed by atoms with van der Waals surface area (Å²) in [6.07, 6.45) is 1.59. The first-order chi connectivity index (χ1) is 10.1. The van der Waals surface area contributed by atoms with E-state index >= 15 is 0 Å². The number of hydrogen-bond acceptors (Lipinski definition) is 4. The van der Waals surface area contributed by atoms with Crippen LogP contribution in [-0.4, -0.2) is 43.3 Å². The molecule has 0 saturated carbocycles. The van der Waals surface area contributed by atoms with Crippen LogP contribution < -0.4 is 10.1 Å². The van der Waals surface area contributed by atoms with E-state index in [0.29, 0.717) is 25.3 Å². The molecule has 6 nitrogen and oxygen atoms in total. The Morgan fingerprint density at radius 3 is 2.52 bits per heavy atom. The Morgan fingerprint density at radius 1 is 1.19 bits per heavy atom. The summed E-state index contributed by atoms with van der Waals surface area (Å²) >= 11 is 0. The summed E-state index contributed by atoms with van der Waals surface area (Å²) in [6, 6.07) is 7.11. The van der Waals surface area contributed by atoms with Crippen LogP contribution in [0, 0.1) is 0 Å². The molecule has 0 spiro atoms. The van der Waals surface area contributed by atoms with Crippen LogP contribution in [0.5, 0.6) is 5.75 Å². The van der Waals surface area contributed by atoms with Gasteiger partial charge >= 0.3 is 5.97 Å². The number of benzene rings is 1. The maximum absolute atomic E-state index is 11.4. The molecule has 116 valence electrons. The number of hydrogen-bond donors (Lipinski definition) is 2. The van der Waals surface area contributed by atoms with Gasteiger partial charge in [0.05, 0.1) is 0 Å². The summed E-state index contributed by atoms with van der Waals surface area (Å²) in [5.74, 6) is -0.616. The van der Waals surface area contributed by atoms with E-state index in [9.17, 15) is 9.59 Å². The summed E-state index contributed by atoms with van der Waals surface area (Å²) in [6.45, 7) is 2.85. The third kappa shape index (κ3) is 7.94. The highest BCUT2D eigenvalue weighted by Crippen LogP contribution is 2.12. The monoisotopic (exact) mass is 295 g/mol. The van der Waals surface area contributed by atoms with Crippen LogP contribution in [0.1, 0.15) is 18.9 Å². The lowest BCUT2D eigenvalue weighted by Gasteiger charge is -2.07. The van der Waals surface area contributed by atoms with Gasteiger partial charge in [-0.2, -0.15) is 0 Å². The number of amides is 1. The molecule has 0 radical (unpaired) electrons. The minimum Gasteiger partial charge on any atom is -0.482 e. The first-order valence-corrected chi connectivity index (χ1v) is 6.89. The van der Waals surface area contributed by atoms with Crippen LogP contribution >= 0.6 is 0 Å². The molecular weight excluding hydrogens is 274 g/mol. The summed E-state index contributed by atoms with van der Waals surface area (Å²) in [5.41, 5.74) is 1.03. The molecule has 0 atom stereocenters. The Morgan fingerprint density at radius 2 is 1.90 bits per heavy atom. The lowest BCUT2D eigenvalue weighted by atomic mass is 10.1. The van der Waals surface area contributed by atoms with Gasteiger partial charge in [0.25, 0.3) is 0 Å². The average Bonchev–Trinajstić information content (AvgIpc) is 2.46. The molecule has 0 saturated heterocycles. The largest absolute Gasteiger partial charge is 0.482 e. The predicted octanol–water partition coefficient (Wildman–Crippen LogP) is 1.24. The van der Waals surface area contributed by atoms with Gasteiger partial charge in [0, 0.05) is 13.2 Å². The topological polar surface area (TPSA) is 84.9 Å². The second kappa shape index (κ2) is 9.77. The van der Waals surface area contributed by atoms with E-state index in [4.69, 9.17) is 14.6 Å². The quantitative estimate of drug-likeness (QED) is 0.634. The van der Waals surface area contributed by atoms with Crippen molar-refractivity contribution in [2.45, 2.75) is 19.8 Å². The second-order valence-electron chi connectivity index (χ2n) is 4.48. The molecule has 1 rings (SSSR count). The molecule has 0 aromatic heterocycles. The lowest BCUT2D eigenvalue weighted by molar-refractivity contribution is -0.139. The number of nitrogens with one attached hydrogen (secondary N) is 1. The van der Waals surface area contributed by atoms with E-state index in [-0.39, 0.29) is 19.1 Å². The number of ether oxygens (including phenoxy) is 2. The van der Waals surface area contributed by atoms with Crippen molar-refractivity contribution in [2.75, 3.05) is 26.4 Å². The number of carboxylic acid groups (broad SMARTS) is 1. The molecule has 0 fully saturated rings. The fourth-order valence-electron chi connectivity index (χ4n) is 1.60. The molecular formula is C15H21NO5. The van der Waals surface area contributed by atoms with Crippen molar-refractivity contribution in [1.82, 2.24) is 5.32 Å². The van der Waals surface area contributed by atoms with Crippen molar-refractivity contribution in [2.24, 2.45) is 0 Å². The fourth-order valence-corrected chi connectivity index (χ4v) is 1.60. The zero-order valence-corrected chi connectivity index (χ0v) is 12.1. The van der Waals surface area contributed by atoms with E-state index in [1.54, 1.807) is 12.1 Å². The Bertz CT molecular complexity index is 444. The summed E-state index contributed by atoms with van der Waals surface area (Å²) in [4.78, 5) is 21.8. The summed E-state index contributed by atoms with van der Waals surface area (Å²) in [7, 11) is 0. The molecule has 0 aliphatic carbocycles. The molecule has 1 aromatic carbocycles. The Kier molecular flexibility index (Phi) is 7.89. The third-order valence-corrected chi connectivity index (χ3v) is 2.60. The Labute approximate surface area is 124 Å². The normalized spacial score (nSPS) is 10.1. The molecule has 0 bridgehead atoms. The Hall–Kier alpha value is -2.08. The standard InChI is InChI=1S/C15H21NO5/c1-2-9-20-10-14(17)16-8-7-12-3-5-13(6-4-12)21-11-15(18)19/h3-6H,2,7-11H2,1H3,(H,16,17)(H,18,19). The highest BCUT2D eigenvalue weighted by atomic mass is 16.5. The Balaban J connectivity index is 2.23. The van der Waals surface area contributed by atoms with E-state index in [2.05, 4.69) is 5.32 Å². The number of aliphatic carboxylic acids is 1. The summed E-state index contributed by atoms with van der Waals surface area (Å²) < 4.78 is 10.2. The van der Waals surface area contributed by atoms with E-state index in [1.807, 2.05) is 19.1 Å². The molecule has 2 N–H and O–H groups in total. The molecule has 0 aliphatic rings. The van der Waals surface area contributed by atoms with Gasteiger partial charge in [-0.1, -0.05) is 19.1 Å². The van der Waals surface area contributed by atoms with Crippen molar-refractivity contribution < 1.29 is 24.2 Å². The zero-order valence-electron chi connectivity index (χ0n) is 12.1. The minimum absolute atomic E-state index is 0.0931. The molecule has 1 amide bonds. The lowest BCUT2D eigenvalue weighted by Crippen LogP contribution is -2.29. The number of carboxylic acids is 1. The van der Waals surface area contributed by atoms with Crippen LogP contribution in [0.3, 0.4) is 0 Å². The minimum atomic E-state index is -1.01. The first kappa shape index (κ1) is 17.0. The fraction of sp³-hybridized carbons (Fsp3) is 0.467. The first-order valence-electron chi connectivity index (χ1n) is 6.89. The molecule has 21 heavy (non-hydrogen) atoms. The molecule has 0 aliphatic heterocycles. The van der Waals surface area contributed by atoms with Crippen LogP contribution in [0.2, 0.25) is 0 Å². The SMILES string of the molecule is CCCOCC(=O)NCCc1ccc(OCC(=O)O)cc1. The molecule has 0 heterocycles. The maximum atomic E-state index is 11.4. The predicted molar refractivity (Wildman–Crippen MR) is 77.4 cm³/mol.